The molecule has 5 heterocycles. The van der Waals surface area contributed by atoms with E-state index in [0.29, 0.717) is 5.95 Å². The Balaban J connectivity index is 1.26. The summed E-state index contributed by atoms with van der Waals surface area (Å²) in [6, 6.07) is 43.1. The maximum absolute atomic E-state index is 5.36. The number of nitrogens with zero attached hydrogens (tertiary/aromatic N) is 5. The fourth-order valence-corrected chi connectivity index (χ4v) is 8.38. The van der Waals surface area contributed by atoms with E-state index in [1.54, 1.807) is 11.3 Å². The molecule has 0 amide bonds. The minimum Gasteiger partial charge on any atom is -0.308 e. The summed E-state index contributed by atoms with van der Waals surface area (Å²) in [7, 11) is 0. The number of benzene rings is 6. The zero-order chi connectivity index (χ0) is 29.2. The van der Waals surface area contributed by atoms with Gasteiger partial charge in [0, 0.05) is 43.3 Å². The SMILES string of the molecule is c1ccc2c(-c3ccc4c(c3)c3c5scnc5cc5c6ccccc6n4c53)nc(-n3c4ccccc4c4ccccc43)nc2c1. The second-order valence-electron chi connectivity index (χ2n) is 11.7. The third kappa shape index (κ3) is 2.99. The fraction of sp³-hybridized carbons (Fsp3) is 0. The highest BCUT2D eigenvalue weighted by Crippen LogP contribution is 2.45. The van der Waals surface area contributed by atoms with Crippen molar-refractivity contribution in [2.75, 3.05) is 0 Å². The maximum atomic E-state index is 5.36. The molecule has 5 aromatic heterocycles. The quantitative estimate of drug-likeness (QED) is 0.201. The standard InChI is InChI=1S/C39H21N5S/c1-5-13-29-26(12-1)36(42-39(41-29)44-32-15-7-2-9-23(32)24-10-3-8-16-33(24)44)22-17-18-34-28(19-22)35-37-27(20-30-38(35)45-21-40-30)25-11-4-6-14-31(25)43(34)37/h1-21H. The second kappa shape index (κ2) is 8.40. The molecule has 0 aliphatic rings. The van der Waals surface area contributed by atoms with Crippen molar-refractivity contribution >= 4 is 92.4 Å². The van der Waals surface area contributed by atoms with Gasteiger partial charge < -0.3 is 4.40 Å². The highest BCUT2D eigenvalue weighted by atomic mass is 32.1. The molecular weight excluding hydrogens is 571 g/mol. The smallest absolute Gasteiger partial charge is 0.235 e. The topological polar surface area (TPSA) is 48.0 Å². The van der Waals surface area contributed by atoms with E-state index in [1.807, 2.05) is 5.51 Å². The first-order valence-corrected chi connectivity index (χ1v) is 15.9. The van der Waals surface area contributed by atoms with Gasteiger partial charge in [0.2, 0.25) is 5.95 Å². The molecule has 0 unspecified atom stereocenters. The van der Waals surface area contributed by atoms with E-state index in [0.717, 1.165) is 38.7 Å². The van der Waals surface area contributed by atoms with Crippen molar-refractivity contribution in [2.24, 2.45) is 0 Å². The highest BCUT2D eigenvalue weighted by Gasteiger charge is 2.22. The Kier molecular flexibility index (Phi) is 4.41. The Bertz CT molecular complexity index is 2950. The minimum absolute atomic E-state index is 0.672. The summed E-state index contributed by atoms with van der Waals surface area (Å²) in [5.41, 5.74) is 11.8. The second-order valence-corrected chi connectivity index (χ2v) is 12.5. The van der Waals surface area contributed by atoms with Crippen LogP contribution in [-0.4, -0.2) is 23.9 Å². The summed E-state index contributed by atoms with van der Waals surface area (Å²) in [6.07, 6.45) is 0. The van der Waals surface area contributed by atoms with Gasteiger partial charge in [-0.2, -0.15) is 0 Å². The summed E-state index contributed by atoms with van der Waals surface area (Å²) >= 11 is 1.71. The molecule has 0 saturated carbocycles. The monoisotopic (exact) mass is 591 g/mol. The van der Waals surface area contributed by atoms with Crippen LogP contribution in [0.15, 0.2) is 127 Å². The number of para-hydroxylation sites is 4. The van der Waals surface area contributed by atoms with Crippen molar-refractivity contribution < 1.29 is 0 Å². The van der Waals surface area contributed by atoms with Crippen LogP contribution in [0.5, 0.6) is 0 Å². The molecule has 208 valence electrons. The Morgan fingerprint density at radius 3 is 1.93 bits per heavy atom. The average molecular weight is 592 g/mol. The molecule has 0 atom stereocenters. The third-order valence-corrected chi connectivity index (χ3v) is 10.3. The first kappa shape index (κ1) is 23.6. The van der Waals surface area contributed by atoms with E-state index in [9.17, 15) is 0 Å². The van der Waals surface area contributed by atoms with Crippen molar-refractivity contribution in [3.63, 3.8) is 0 Å². The zero-order valence-electron chi connectivity index (χ0n) is 23.8. The van der Waals surface area contributed by atoms with Crippen LogP contribution in [0.2, 0.25) is 0 Å². The van der Waals surface area contributed by atoms with E-state index in [1.165, 1.54) is 53.6 Å². The lowest BCUT2D eigenvalue weighted by molar-refractivity contribution is 1.01. The van der Waals surface area contributed by atoms with Crippen LogP contribution in [0.1, 0.15) is 0 Å². The first-order valence-electron chi connectivity index (χ1n) is 15.0. The van der Waals surface area contributed by atoms with Gasteiger partial charge in [0.1, 0.15) is 0 Å². The molecule has 0 aliphatic heterocycles. The predicted molar refractivity (Wildman–Crippen MR) is 187 cm³/mol. The number of aromatic nitrogens is 5. The number of rotatable bonds is 2. The van der Waals surface area contributed by atoms with Crippen molar-refractivity contribution in [3.05, 3.63) is 127 Å². The predicted octanol–water partition coefficient (Wildman–Crippen LogP) is 10.2. The maximum Gasteiger partial charge on any atom is 0.235 e. The van der Waals surface area contributed by atoms with E-state index in [2.05, 4.69) is 130 Å². The fourth-order valence-electron chi connectivity index (χ4n) is 7.55. The van der Waals surface area contributed by atoms with Gasteiger partial charge in [-0.15, -0.1) is 11.3 Å². The highest BCUT2D eigenvalue weighted by molar-refractivity contribution is 7.18. The molecule has 6 heteroatoms. The number of hydrogen-bond acceptors (Lipinski definition) is 4. The number of fused-ring (bicyclic) bond motifs is 12. The normalized spacial score (nSPS) is 12.4. The third-order valence-electron chi connectivity index (χ3n) is 9.41. The first-order chi connectivity index (χ1) is 22.3. The van der Waals surface area contributed by atoms with Gasteiger partial charge in [-0.3, -0.25) is 4.57 Å². The lowest BCUT2D eigenvalue weighted by atomic mass is 10.0. The molecule has 11 aromatic rings. The lowest BCUT2D eigenvalue weighted by Gasteiger charge is -2.12. The Morgan fingerprint density at radius 2 is 1.16 bits per heavy atom. The van der Waals surface area contributed by atoms with E-state index in [4.69, 9.17) is 15.0 Å². The molecule has 6 aromatic carbocycles. The van der Waals surface area contributed by atoms with Crippen molar-refractivity contribution in [2.45, 2.75) is 0 Å². The van der Waals surface area contributed by atoms with Gasteiger partial charge in [-0.05, 0) is 42.5 Å². The molecule has 5 nitrogen and oxygen atoms in total. The van der Waals surface area contributed by atoms with Crippen LogP contribution < -0.4 is 0 Å². The molecule has 45 heavy (non-hydrogen) atoms. The molecule has 0 N–H and O–H groups in total. The Morgan fingerprint density at radius 1 is 0.511 bits per heavy atom. The summed E-state index contributed by atoms with van der Waals surface area (Å²) in [5.74, 6) is 0.672. The summed E-state index contributed by atoms with van der Waals surface area (Å²) in [4.78, 5) is 15.3. The van der Waals surface area contributed by atoms with Gasteiger partial charge in [0.25, 0.3) is 0 Å². The molecule has 0 radical (unpaired) electrons. The van der Waals surface area contributed by atoms with Gasteiger partial charge in [-0.1, -0.05) is 78.9 Å². The molecule has 0 bridgehead atoms. The van der Waals surface area contributed by atoms with Crippen LogP contribution in [0, 0.1) is 0 Å². The lowest BCUT2D eigenvalue weighted by Crippen LogP contribution is -2.03. The van der Waals surface area contributed by atoms with Crippen LogP contribution in [0.4, 0.5) is 0 Å². The van der Waals surface area contributed by atoms with Crippen LogP contribution in [0.25, 0.3) is 98.2 Å². The summed E-state index contributed by atoms with van der Waals surface area (Å²) < 4.78 is 5.86. The van der Waals surface area contributed by atoms with Crippen LogP contribution >= 0.6 is 11.3 Å². The van der Waals surface area contributed by atoms with Crippen molar-refractivity contribution in [3.8, 4) is 17.2 Å². The number of hydrogen-bond donors (Lipinski definition) is 0. The Labute approximate surface area is 259 Å². The van der Waals surface area contributed by atoms with Crippen LogP contribution in [-0.2, 0) is 0 Å². The number of thiazole rings is 1. The van der Waals surface area contributed by atoms with Crippen molar-refractivity contribution in [1.29, 1.82) is 0 Å². The van der Waals surface area contributed by atoms with E-state index >= 15 is 0 Å². The van der Waals surface area contributed by atoms with Gasteiger partial charge in [-0.25, -0.2) is 15.0 Å². The minimum atomic E-state index is 0.672. The molecule has 0 saturated heterocycles. The summed E-state index contributed by atoms with van der Waals surface area (Å²) in [6.45, 7) is 0. The molecule has 0 fully saturated rings. The van der Waals surface area contributed by atoms with Gasteiger partial charge in [0.15, 0.2) is 0 Å². The average Bonchev–Trinajstić information content (AvgIpc) is 3.86. The Hall–Kier alpha value is -5.85. The largest absolute Gasteiger partial charge is 0.308 e. The van der Waals surface area contributed by atoms with Crippen molar-refractivity contribution in [1.82, 2.24) is 23.9 Å². The van der Waals surface area contributed by atoms with Crippen LogP contribution in [0.3, 0.4) is 0 Å². The molecule has 11 rings (SSSR count). The molecule has 0 spiro atoms. The zero-order valence-corrected chi connectivity index (χ0v) is 24.6. The van der Waals surface area contributed by atoms with E-state index in [-0.39, 0.29) is 0 Å². The molecule has 0 aliphatic carbocycles. The van der Waals surface area contributed by atoms with Gasteiger partial charge >= 0.3 is 0 Å². The molecular formula is C39H21N5S. The van der Waals surface area contributed by atoms with E-state index < -0.39 is 0 Å². The summed E-state index contributed by atoms with van der Waals surface area (Å²) in [5, 5.41) is 8.41. The van der Waals surface area contributed by atoms with Gasteiger partial charge in [0.05, 0.1) is 54.5 Å².